The molecule has 2 atom stereocenters. The van der Waals surface area contributed by atoms with Crippen LogP contribution in [0.4, 0.5) is 0 Å². The molecule has 2 amide bonds. The van der Waals surface area contributed by atoms with Crippen LogP contribution in [0.1, 0.15) is 57.1 Å². The van der Waals surface area contributed by atoms with Crippen molar-refractivity contribution >= 4 is 76.3 Å². The average Bonchev–Trinajstić information content (AvgIpc) is 3.31. The van der Waals surface area contributed by atoms with Crippen molar-refractivity contribution in [1.82, 2.24) is 31.9 Å². The first-order valence-corrected chi connectivity index (χ1v) is 22.7. The Morgan fingerprint density at radius 1 is 0.539 bits per heavy atom. The first-order valence-electron chi connectivity index (χ1n) is 22.7. The van der Waals surface area contributed by atoms with Crippen LogP contribution in [0.3, 0.4) is 0 Å². The van der Waals surface area contributed by atoms with E-state index in [0.29, 0.717) is 24.7 Å². The number of carbonyl (C=O) groups excluding carboxylic acids is 2. The second kappa shape index (κ2) is 43.2. The van der Waals surface area contributed by atoms with Crippen LogP contribution in [-0.4, -0.2) is 182 Å². The summed E-state index contributed by atoms with van der Waals surface area (Å²) in [6.45, 7) is 3.10. The molecule has 0 radical (unpaired) electrons. The number of hydrogen-bond donors (Lipinski definition) is 18. The summed E-state index contributed by atoms with van der Waals surface area (Å²) >= 11 is 0. The standard InChI is InChI=1S/C13H13NO2.C10H13NO2.C6H11NO2.C5H10N2O3.C5H9NO4.C4H8N2O3.C4H7NO4/c1-13(14,12(15)16)11-8-4-6-9-5-2-3-7-10(9)11;1-8(10(12)13)11-7-9-5-3-2-4-6-9;8-6(9)4-7-5-2-1-3-5;6-4(8)1-2-7-3-5(9)10;7-4(8)1-2-6-3-5(9)10;5-3(7)1-6-2-4(8)9;6-3(7)1-5-2-4(8)9/h2-8H,14H2,1H3,(H,15,16);2-6,8,11H,7H2,1H3,(H,12,13);5,7H,1-4H2,(H,8,9);7H,1-3H2,(H2,6,8)(H,9,10);6H,1-3H2,(H,7,8)(H,9,10);6H,1-2H2,(H2,5,7)(H,8,9);5H,1-2H2,(H,6,7)(H,8,9). The van der Waals surface area contributed by atoms with Crippen molar-refractivity contribution in [3.8, 4) is 0 Å². The molecule has 29 nitrogen and oxygen atoms in total. The Balaban J connectivity index is -0.000000829. The first-order chi connectivity index (χ1) is 35.5. The minimum atomic E-state index is -1.36. The smallest absolute Gasteiger partial charge is 0.328 e. The van der Waals surface area contributed by atoms with E-state index in [-0.39, 0.29) is 65.2 Å². The van der Waals surface area contributed by atoms with Gasteiger partial charge in [-0.1, -0.05) is 79.2 Å². The van der Waals surface area contributed by atoms with Crippen molar-refractivity contribution in [3.63, 3.8) is 0 Å². The summed E-state index contributed by atoms with van der Waals surface area (Å²) in [5, 5.41) is 91.3. The van der Waals surface area contributed by atoms with E-state index in [4.69, 9.17) is 57.4 Å². The fourth-order valence-corrected chi connectivity index (χ4v) is 4.96. The number of hydrogen-bond acceptors (Lipinski definition) is 18. The lowest BCUT2D eigenvalue weighted by Crippen LogP contribution is -2.41. The van der Waals surface area contributed by atoms with Gasteiger partial charge in [-0.3, -0.25) is 58.6 Å². The van der Waals surface area contributed by atoms with Gasteiger partial charge in [0.25, 0.3) is 0 Å². The third-order valence-electron chi connectivity index (χ3n) is 9.01. The first kappa shape index (κ1) is 72.1. The minimum Gasteiger partial charge on any atom is -0.481 e. The largest absolute Gasteiger partial charge is 0.481 e. The number of carboxylic acid groups (broad SMARTS) is 9. The molecule has 424 valence electrons. The van der Waals surface area contributed by atoms with E-state index in [1.165, 1.54) is 13.3 Å². The molecule has 0 spiro atoms. The summed E-state index contributed by atoms with van der Waals surface area (Å²) in [4.78, 5) is 110. The molecular formula is C47H71N9O20. The van der Waals surface area contributed by atoms with Crippen LogP contribution < -0.4 is 49.1 Å². The molecule has 0 aromatic heterocycles. The molecule has 76 heavy (non-hydrogen) atoms. The molecule has 1 saturated carbocycles. The number of benzene rings is 3. The zero-order valence-corrected chi connectivity index (χ0v) is 41.9. The van der Waals surface area contributed by atoms with E-state index in [1.54, 1.807) is 13.0 Å². The van der Waals surface area contributed by atoms with Gasteiger partial charge >= 0.3 is 53.7 Å². The van der Waals surface area contributed by atoms with Crippen molar-refractivity contribution in [2.75, 3.05) is 58.9 Å². The lowest BCUT2D eigenvalue weighted by Gasteiger charge is -2.25. The van der Waals surface area contributed by atoms with Crippen LogP contribution >= 0.6 is 0 Å². The lowest BCUT2D eigenvalue weighted by atomic mass is 9.89. The van der Waals surface area contributed by atoms with Crippen molar-refractivity contribution in [3.05, 3.63) is 83.9 Å². The summed E-state index contributed by atoms with van der Waals surface area (Å²) in [5.74, 6) is -9.58. The number of fused-ring (bicyclic) bond motifs is 1. The Morgan fingerprint density at radius 2 is 0.974 bits per heavy atom. The number of rotatable bonds is 27. The van der Waals surface area contributed by atoms with Gasteiger partial charge in [-0.15, -0.1) is 0 Å². The second-order valence-electron chi connectivity index (χ2n) is 15.7. The van der Waals surface area contributed by atoms with Crippen LogP contribution in [0.15, 0.2) is 72.8 Å². The Bertz CT molecular complexity index is 2140. The Kier molecular flexibility index (Phi) is 41.0. The minimum absolute atomic E-state index is 0.0483. The van der Waals surface area contributed by atoms with Gasteiger partial charge in [0, 0.05) is 32.1 Å². The SMILES string of the molecule is CC(N)(C(=O)O)c1cccc2ccccc12.CC(NCc1ccccc1)C(=O)O.NC(=O)CCNCC(=O)O.NC(=O)CNCC(=O)O.O=C(O)CCNCC(=O)O.O=C(O)CNC1CCC1.O=C(O)CNCC(=O)O. The molecule has 21 N–H and O–H groups in total. The van der Waals surface area contributed by atoms with Crippen molar-refractivity contribution in [1.29, 1.82) is 0 Å². The van der Waals surface area contributed by atoms with Crippen LogP contribution in [0, 0.1) is 0 Å². The number of carbonyl (C=O) groups is 11. The van der Waals surface area contributed by atoms with Gasteiger partial charge in [0.1, 0.15) is 11.6 Å². The maximum Gasteiger partial charge on any atom is 0.328 e. The molecule has 0 bridgehead atoms. The van der Waals surface area contributed by atoms with Gasteiger partial charge in [0.2, 0.25) is 11.8 Å². The fraction of sp³-hybridized carbons (Fsp3) is 0.426. The molecule has 3 aromatic carbocycles. The molecule has 1 fully saturated rings. The highest BCUT2D eigenvalue weighted by Gasteiger charge is 2.31. The van der Waals surface area contributed by atoms with Gasteiger partial charge in [0.15, 0.2) is 0 Å². The molecule has 1 aliphatic rings. The van der Waals surface area contributed by atoms with E-state index in [2.05, 4.69) is 37.6 Å². The predicted octanol–water partition coefficient (Wildman–Crippen LogP) is -1.88. The molecule has 1 aliphatic carbocycles. The maximum absolute atomic E-state index is 11.1. The van der Waals surface area contributed by atoms with Crippen LogP contribution in [-0.2, 0) is 64.8 Å². The average molecular weight is 1080 g/mol. The quantitative estimate of drug-likeness (QED) is 0.0372. The molecule has 0 heterocycles. The molecule has 4 rings (SSSR count). The highest BCUT2D eigenvalue weighted by molar-refractivity contribution is 5.92. The van der Waals surface area contributed by atoms with Gasteiger partial charge < -0.3 is 84.4 Å². The van der Waals surface area contributed by atoms with E-state index in [1.807, 2.05) is 66.7 Å². The summed E-state index contributed by atoms with van der Waals surface area (Å²) in [5.41, 5.74) is 15.7. The molecule has 3 aromatic rings. The zero-order valence-electron chi connectivity index (χ0n) is 41.9. The molecule has 2 unspecified atom stereocenters. The number of aliphatic carboxylic acids is 9. The van der Waals surface area contributed by atoms with E-state index < -0.39 is 77.1 Å². The van der Waals surface area contributed by atoms with E-state index in [0.717, 1.165) is 29.2 Å². The lowest BCUT2D eigenvalue weighted by molar-refractivity contribution is -0.143. The topological polar surface area (TPSA) is 520 Å². The predicted molar refractivity (Wildman–Crippen MR) is 272 cm³/mol. The third-order valence-corrected chi connectivity index (χ3v) is 9.01. The summed E-state index contributed by atoms with van der Waals surface area (Å²) < 4.78 is 0. The summed E-state index contributed by atoms with van der Waals surface area (Å²) in [6.07, 6.45) is 3.67. The Labute approximate surface area is 436 Å². The molecule has 0 saturated heterocycles. The zero-order chi connectivity index (χ0) is 58.6. The fourth-order valence-electron chi connectivity index (χ4n) is 4.96. The van der Waals surface area contributed by atoms with Crippen molar-refractivity contribution < 1.29 is 98.7 Å². The Hall–Kier alpha value is -8.19. The highest BCUT2D eigenvalue weighted by atomic mass is 16.4. The number of nitrogens with two attached hydrogens (primary N) is 3. The normalized spacial score (nSPS) is 12.0. The van der Waals surface area contributed by atoms with Gasteiger partial charge in [0.05, 0.1) is 52.2 Å². The van der Waals surface area contributed by atoms with Gasteiger partial charge in [-0.05, 0) is 48.6 Å². The number of primary amides is 2. The summed E-state index contributed by atoms with van der Waals surface area (Å²) in [6, 6.07) is 22.9. The Morgan fingerprint density at radius 3 is 1.38 bits per heavy atom. The van der Waals surface area contributed by atoms with Crippen LogP contribution in [0.25, 0.3) is 10.8 Å². The third kappa shape index (κ3) is 44.5. The van der Waals surface area contributed by atoms with E-state index >= 15 is 0 Å². The van der Waals surface area contributed by atoms with Crippen LogP contribution in [0.5, 0.6) is 0 Å². The van der Waals surface area contributed by atoms with Crippen molar-refractivity contribution in [2.45, 2.75) is 70.1 Å². The summed E-state index contributed by atoms with van der Waals surface area (Å²) in [7, 11) is 0. The monoisotopic (exact) mass is 1080 g/mol. The van der Waals surface area contributed by atoms with E-state index in [9.17, 15) is 52.7 Å². The number of nitrogens with one attached hydrogen (secondary N) is 6. The molecular weight excluding hydrogens is 1010 g/mol. The maximum atomic E-state index is 11.1. The van der Waals surface area contributed by atoms with Gasteiger partial charge in [-0.25, -0.2) is 4.79 Å². The molecule has 29 heteroatoms. The number of amides is 2. The number of carboxylic acids is 9. The van der Waals surface area contributed by atoms with Crippen LogP contribution in [0.2, 0.25) is 0 Å². The van der Waals surface area contributed by atoms with Gasteiger partial charge in [-0.2, -0.15) is 0 Å². The molecule has 0 aliphatic heterocycles. The second-order valence-corrected chi connectivity index (χ2v) is 15.7. The van der Waals surface area contributed by atoms with Crippen molar-refractivity contribution in [2.24, 2.45) is 17.2 Å². The highest BCUT2D eigenvalue weighted by Crippen LogP contribution is 2.27.